The van der Waals surface area contributed by atoms with Crippen molar-refractivity contribution in [2.75, 3.05) is 0 Å². The number of rotatable bonds is 2. The van der Waals surface area contributed by atoms with Gasteiger partial charge in [-0.3, -0.25) is 4.79 Å². The first-order valence-electron chi connectivity index (χ1n) is 4.61. The van der Waals surface area contributed by atoms with E-state index in [-0.39, 0.29) is 10.6 Å². The minimum absolute atomic E-state index is 0.0605. The molecule has 0 unspecified atom stereocenters. The van der Waals surface area contributed by atoms with Gasteiger partial charge >= 0.3 is 0 Å². The first-order valence-corrected chi connectivity index (χ1v) is 4.99. The van der Waals surface area contributed by atoms with Gasteiger partial charge in [0.15, 0.2) is 0 Å². The van der Waals surface area contributed by atoms with Gasteiger partial charge in [-0.25, -0.2) is 4.39 Å². The van der Waals surface area contributed by atoms with Gasteiger partial charge in [0.25, 0.3) is 5.91 Å². The summed E-state index contributed by atoms with van der Waals surface area (Å²) in [6.07, 6.45) is 5.24. The molecule has 84 valence electrons. The summed E-state index contributed by atoms with van der Waals surface area (Å²) in [7, 11) is 0. The summed E-state index contributed by atoms with van der Waals surface area (Å²) in [5.74, 6) is 1.51. The molecule has 1 aromatic carbocycles. The predicted molar refractivity (Wildman–Crippen MR) is 61.8 cm³/mol. The largest absolute Gasteiger partial charge is 0.336 e. The number of nitrogens with one attached hydrogen (secondary N) is 1. The van der Waals surface area contributed by atoms with Gasteiger partial charge in [0.1, 0.15) is 5.82 Å². The molecule has 1 rings (SSSR count). The number of carbonyl (C=O) groups excluding carboxylic acids is 1. The van der Waals surface area contributed by atoms with Crippen LogP contribution in [0.2, 0.25) is 5.02 Å². The first-order chi connectivity index (χ1) is 7.35. The number of hydrogen-bond acceptors (Lipinski definition) is 1. The number of halogens is 2. The molecule has 0 spiro atoms. The average molecular weight is 240 g/mol. The number of benzene rings is 1. The molecule has 2 nitrogen and oxygen atoms in total. The Hall–Kier alpha value is -1.53. The van der Waals surface area contributed by atoms with Crippen molar-refractivity contribution >= 4 is 17.5 Å². The second kappa shape index (κ2) is 4.54. The summed E-state index contributed by atoms with van der Waals surface area (Å²) in [6, 6.07) is 3.57. The van der Waals surface area contributed by atoms with E-state index in [0.29, 0.717) is 0 Å². The van der Waals surface area contributed by atoms with Gasteiger partial charge in [-0.2, -0.15) is 0 Å². The SMILES string of the molecule is C#CC(C)(C)NC(=O)c1ccc(F)cc1Cl. The van der Waals surface area contributed by atoms with Crippen LogP contribution in [0, 0.1) is 18.2 Å². The quantitative estimate of drug-likeness (QED) is 0.790. The van der Waals surface area contributed by atoms with E-state index < -0.39 is 17.3 Å². The van der Waals surface area contributed by atoms with Crippen LogP contribution in [0.4, 0.5) is 4.39 Å². The summed E-state index contributed by atoms with van der Waals surface area (Å²) in [4.78, 5) is 11.7. The van der Waals surface area contributed by atoms with Crippen molar-refractivity contribution in [1.29, 1.82) is 0 Å². The van der Waals surface area contributed by atoms with Crippen molar-refractivity contribution in [1.82, 2.24) is 5.32 Å². The molecule has 0 fully saturated rings. The molecule has 0 aliphatic heterocycles. The van der Waals surface area contributed by atoms with E-state index in [2.05, 4.69) is 11.2 Å². The van der Waals surface area contributed by atoms with Crippen LogP contribution in [-0.2, 0) is 0 Å². The number of amides is 1. The standard InChI is InChI=1S/C12H11ClFNO/c1-4-12(2,3)15-11(16)9-6-5-8(14)7-10(9)13/h1,5-7H,2-3H3,(H,15,16). The van der Waals surface area contributed by atoms with Crippen LogP contribution in [-0.4, -0.2) is 11.4 Å². The third kappa shape index (κ3) is 2.98. The highest BCUT2D eigenvalue weighted by Crippen LogP contribution is 2.17. The van der Waals surface area contributed by atoms with E-state index >= 15 is 0 Å². The summed E-state index contributed by atoms with van der Waals surface area (Å²) in [6.45, 7) is 3.37. The molecule has 0 saturated carbocycles. The lowest BCUT2D eigenvalue weighted by Gasteiger charge is -2.19. The molecular weight excluding hydrogens is 229 g/mol. The Kier molecular flexibility index (Phi) is 3.56. The Morgan fingerprint density at radius 1 is 1.56 bits per heavy atom. The van der Waals surface area contributed by atoms with Crippen molar-refractivity contribution < 1.29 is 9.18 Å². The van der Waals surface area contributed by atoms with Crippen molar-refractivity contribution in [3.8, 4) is 12.3 Å². The highest BCUT2D eigenvalue weighted by Gasteiger charge is 2.19. The summed E-state index contributed by atoms with van der Waals surface area (Å²) in [5, 5.41) is 2.66. The molecule has 4 heteroatoms. The molecule has 0 aromatic heterocycles. The molecule has 1 amide bonds. The first kappa shape index (κ1) is 12.5. The summed E-state index contributed by atoms with van der Waals surface area (Å²) in [5.41, 5.74) is -0.569. The van der Waals surface area contributed by atoms with Gasteiger partial charge < -0.3 is 5.32 Å². The number of carbonyl (C=O) groups is 1. The lowest BCUT2D eigenvalue weighted by Crippen LogP contribution is -2.42. The summed E-state index contributed by atoms with van der Waals surface area (Å²) < 4.78 is 12.8. The van der Waals surface area contributed by atoms with Crippen molar-refractivity contribution in [3.63, 3.8) is 0 Å². The summed E-state index contributed by atoms with van der Waals surface area (Å²) >= 11 is 5.74. The van der Waals surface area contributed by atoms with Crippen molar-refractivity contribution in [2.24, 2.45) is 0 Å². The molecule has 16 heavy (non-hydrogen) atoms. The molecule has 1 N–H and O–H groups in total. The Balaban J connectivity index is 2.95. The van der Waals surface area contributed by atoms with Crippen LogP contribution >= 0.6 is 11.6 Å². The molecule has 0 bridgehead atoms. The number of hydrogen-bond donors (Lipinski definition) is 1. The number of terminal acetylenes is 1. The van der Waals surface area contributed by atoms with Gasteiger partial charge in [0.05, 0.1) is 16.1 Å². The minimum Gasteiger partial charge on any atom is -0.336 e. The third-order valence-electron chi connectivity index (χ3n) is 1.96. The smallest absolute Gasteiger partial charge is 0.253 e. The van der Waals surface area contributed by atoms with Crippen LogP contribution in [0.5, 0.6) is 0 Å². The van der Waals surface area contributed by atoms with Crippen molar-refractivity contribution in [3.05, 3.63) is 34.6 Å². The maximum atomic E-state index is 12.8. The fraction of sp³-hybridized carbons (Fsp3) is 0.250. The second-order valence-corrected chi connectivity index (χ2v) is 4.25. The minimum atomic E-state index is -0.769. The van der Waals surface area contributed by atoms with Gasteiger partial charge in [0.2, 0.25) is 0 Å². The van der Waals surface area contributed by atoms with E-state index in [4.69, 9.17) is 18.0 Å². The maximum Gasteiger partial charge on any atom is 0.253 e. The maximum absolute atomic E-state index is 12.8. The molecule has 0 atom stereocenters. The van der Waals surface area contributed by atoms with Crippen LogP contribution < -0.4 is 5.32 Å². The van der Waals surface area contributed by atoms with E-state index in [9.17, 15) is 9.18 Å². The monoisotopic (exact) mass is 239 g/mol. The average Bonchev–Trinajstić information content (AvgIpc) is 2.16. The van der Waals surface area contributed by atoms with E-state index in [1.54, 1.807) is 13.8 Å². The lowest BCUT2D eigenvalue weighted by molar-refractivity contribution is 0.0930. The fourth-order valence-corrected chi connectivity index (χ4v) is 1.31. The van der Waals surface area contributed by atoms with Gasteiger partial charge in [-0.1, -0.05) is 17.5 Å². The van der Waals surface area contributed by atoms with E-state index in [0.717, 1.165) is 6.07 Å². The van der Waals surface area contributed by atoms with Gasteiger partial charge in [-0.15, -0.1) is 6.42 Å². The lowest BCUT2D eigenvalue weighted by atomic mass is 10.1. The molecule has 0 radical (unpaired) electrons. The zero-order valence-corrected chi connectivity index (χ0v) is 9.73. The van der Waals surface area contributed by atoms with Crippen LogP contribution in [0.3, 0.4) is 0 Å². The Morgan fingerprint density at radius 3 is 2.69 bits per heavy atom. The predicted octanol–water partition coefficient (Wildman–Crippen LogP) is 2.62. The Morgan fingerprint density at radius 2 is 2.19 bits per heavy atom. The molecule has 0 saturated heterocycles. The highest BCUT2D eigenvalue weighted by molar-refractivity contribution is 6.33. The van der Waals surface area contributed by atoms with Crippen LogP contribution in [0.15, 0.2) is 18.2 Å². The normalized spacial score (nSPS) is 10.7. The zero-order chi connectivity index (χ0) is 12.3. The second-order valence-electron chi connectivity index (χ2n) is 3.85. The zero-order valence-electron chi connectivity index (χ0n) is 8.97. The van der Waals surface area contributed by atoms with Gasteiger partial charge in [0, 0.05) is 0 Å². The topological polar surface area (TPSA) is 29.1 Å². The van der Waals surface area contributed by atoms with E-state index in [1.807, 2.05) is 0 Å². The van der Waals surface area contributed by atoms with Crippen molar-refractivity contribution in [2.45, 2.75) is 19.4 Å². The fourth-order valence-electron chi connectivity index (χ4n) is 1.06. The molecule has 0 aliphatic rings. The van der Waals surface area contributed by atoms with Crippen LogP contribution in [0.1, 0.15) is 24.2 Å². The Labute approximate surface area is 98.8 Å². The van der Waals surface area contributed by atoms with Gasteiger partial charge in [-0.05, 0) is 32.0 Å². The Bertz CT molecular complexity index is 463. The molecule has 1 aromatic rings. The molecule has 0 aliphatic carbocycles. The third-order valence-corrected chi connectivity index (χ3v) is 2.28. The highest BCUT2D eigenvalue weighted by atomic mass is 35.5. The molecular formula is C12H11ClFNO. The molecule has 0 heterocycles. The van der Waals surface area contributed by atoms with E-state index in [1.165, 1.54) is 12.1 Å². The van der Waals surface area contributed by atoms with Crippen LogP contribution in [0.25, 0.3) is 0 Å².